The Morgan fingerprint density at radius 1 is 1.24 bits per heavy atom. The van der Waals surface area contributed by atoms with Gasteiger partial charge >= 0.3 is 0 Å². The molecule has 0 bridgehead atoms. The van der Waals surface area contributed by atoms with Crippen LogP contribution in [0.4, 0.5) is 0 Å². The van der Waals surface area contributed by atoms with Gasteiger partial charge in [-0.3, -0.25) is 9.78 Å². The van der Waals surface area contributed by atoms with Crippen molar-refractivity contribution in [1.82, 2.24) is 10.3 Å². The number of hydrogen-bond acceptors (Lipinski definition) is 3. The van der Waals surface area contributed by atoms with Crippen molar-refractivity contribution in [2.45, 2.75) is 13.0 Å². The second-order valence-corrected chi connectivity index (χ2v) is 4.51. The number of hydrogen-bond donors (Lipinski definition) is 2. The Kier molecular flexibility index (Phi) is 5.08. The molecule has 2 aromatic rings. The van der Waals surface area contributed by atoms with E-state index in [0.717, 1.165) is 11.1 Å². The lowest BCUT2D eigenvalue weighted by Gasteiger charge is -2.14. The number of pyridine rings is 1. The fourth-order valence-corrected chi connectivity index (χ4v) is 1.86. The maximum Gasteiger partial charge on any atom is 0.251 e. The molecule has 1 atom stereocenters. The van der Waals surface area contributed by atoms with Gasteiger partial charge < -0.3 is 10.4 Å². The molecule has 1 amide bonds. The van der Waals surface area contributed by atoms with Gasteiger partial charge in [0, 0.05) is 23.5 Å². The fourth-order valence-electron chi connectivity index (χ4n) is 1.86. The third-order valence-electron chi connectivity index (χ3n) is 3.01. The zero-order valence-corrected chi connectivity index (χ0v) is 11.7. The molecule has 0 spiro atoms. The van der Waals surface area contributed by atoms with Crippen molar-refractivity contribution in [3.05, 3.63) is 65.5 Å². The van der Waals surface area contributed by atoms with E-state index < -0.39 is 0 Å². The molecule has 1 unspecified atom stereocenters. The molecule has 0 aliphatic rings. The van der Waals surface area contributed by atoms with Crippen LogP contribution < -0.4 is 5.32 Å². The number of aliphatic hydroxyl groups is 1. The molecule has 0 saturated carbocycles. The Hall–Kier alpha value is -2.64. The van der Waals surface area contributed by atoms with Gasteiger partial charge in [-0.25, -0.2) is 0 Å². The quantitative estimate of drug-likeness (QED) is 0.844. The first-order valence-corrected chi connectivity index (χ1v) is 6.61. The Morgan fingerprint density at radius 3 is 2.52 bits per heavy atom. The molecular weight excluding hydrogens is 264 g/mol. The van der Waals surface area contributed by atoms with Crippen LogP contribution in [-0.4, -0.2) is 22.6 Å². The number of benzene rings is 1. The van der Waals surface area contributed by atoms with E-state index in [1.165, 1.54) is 0 Å². The first-order chi connectivity index (χ1) is 10.2. The summed E-state index contributed by atoms with van der Waals surface area (Å²) in [5.74, 6) is 5.30. The summed E-state index contributed by atoms with van der Waals surface area (Å²) < 4.78 is 0. The van der Waals surface area contributed by atoms with E-state index >= 15 is 0 Å². The largest absolute Gasteiger partial charge is 0.384 e. The van der Waals surface area contributed by atoms with Gasteiger partial charge in [0.05, 0.1) is 6.04 Å². The maximum atomic E-state index is 12.0. The third-order valence-corrected chi connectivity index (χ3v) is 3.01. The summed E-state index contributed by atoms with van der Waals surface area (Å²) >= 11 is 0. The van der Waals surface area contributed by atoms with Gasteiger partial charge in [-0.05, 0) is 36.8 Å². The first-order valence-electron chi connectivity index (χ1n) is 6.61. The second kappa shape index (κ2) is 7.22. The van der Waals surface area contributed by atoms with Crippen molar-refractivity contribution in [1.29, 1.82) is 0 Å². The SMILES string of the molecule is CC(NC(=O)c1ccncc1)c1ccc(C#CCO)cc1. The summed E-state index contributed by atoms with van der Waals surface area (Å²) in [7, 11) is 0. The highest BCUT2D eigenvalue weighted by Gasteiger charge is 2.10. The van der Waals surface area contributed by atoms with Crippen molar-refractivity contribution in [2.24, 2.45) is 0 Å². The molecule has 4 heteroatoms. The van der Waals surface area contributed by atoms with Crippen LogP contribution in [0.15, 0.2) is 48.8 Å². The van der Waals surface area contributed by atoms with Gasteiger partial charge in [-0.2, -0.15) is 0 Å². The number of nitrogens with one attached hydrogen (secondary N) is 1. The number of amides is 1. The molecule has 2 N–H and O–H groups in total. The van der Waals surface area contributed by atoms with Crippen molar-refractivity contribution in [2.75, 3.05) is 6.61 Å². The van der Waals surface area contributed by atoms with Crippen LogP contribution in [0.1, 0.15) is 34.5 Å². The van der Waals surface area contributed by atoms with Crippen molar-refractivity contribution < 1.29 is 9.90 Å². The molecule has 1 aromatic heterocycles. The smallest absolute Gasteiger partial charge is 0.251 e. The normalized spacial score (nSPS) is 11.1. The van der Waals surface area contributed by atoms with Crippen molar-refractivity contribution in [3.8, 4) is 11.8 Å². The minimum absolute atomic E-state index is 0.106. The highest BCUT2D eigenvalue weighted by Crippen LogP contribution is 2.14. The topological polar surface area (TPSA) is 62.2 Å². The monoisotopic (exact) mass is 280 g/mol. The zero-order valence-electron chi connectivity index (χ0n) is 11.7. The molecule has 1 aromatic carbocycles. The fraction of sp³-hybridized carbons (Fsp3) is 0.176. The lowest BCUT2D eigenvalue weighted by Crippen LogP contribution is -2.26. The first kappa shape index (κ1) is 14.8. The lowest BCUT2D eigenvalue weighted by molar-refractivity contribution is 0.0940. The number of rotatable bonds is 3. The lowest BCUT2D eigenvalue weighted by atomic mass is 10.1. The van der Waals surface area contributed by atoms with Gasteiger partial charge in [-0.15, -0.1) is 0 Å². The predicted molar refractivity (Wildman–Crippen MR) is 80.5 cm³/mol. The van der Waals surface area contributed by atoms with Gasteiger partial charge in [0.15, 0.2) is 0 Å². The van der Waals surface area contributed by atoms with E-state index in [0.29, 0.717) is 5.56 Å². The number of aromatic nitrogens is 1. The maximum absolute atomic E-state index is 12.0. The summed E-state index contributed by atoms with van der Waals surface area (Å²) in [6.45, 7) is 1.77. The van der Waals surface area contributed by atoms with Crippen molar-refractivity contribution >= 4 is 5.91 Å². The Bertz CT molecular complexity index is 655. The standard InChI is InChI=1S/C17H16N2O2/c1-13(19-17(21)16-8-10-18-11-9-16)15-6-4-14(5-7-15)3-2-12-20/h4-11,13,20H,12H2,1H3,(H,19,21). The number of carbonyl (C=O) groups excluding carboxylic acids is 1. The van der Waals surface area contributed by atoms with E-state index in [2.05, 4.69) is 22.1 Å². The molecule has 2 rings (SSSR count). The average Bonchev–Trinajstić information content (AvgIpc) is 2.54. The molecule has 0 radical (unpaired) electrons. The minimum atomic E-state index is -0.153. The number of aliphatic hydroxyl groups excluding tert-OH is 1. The van der Waals surface area contributed by atoms with Crippen LogP contribution in [0.25, 0.3) is 0 Å². The highest BCUT2D eigenvalue weighted by molar-refractivity contribution is 5.94. The summed E-state index contributed by atoms with van der Waals surface area (Å²) in [6.07, 6.45) is 3.18. The van der Waals surface area contributed by atoms with E-state index in [9.17, 15) is 4.79 Å². The summed E-state index contributed by atoms with van der Waals surface area (Å²) in [4.78, 5) is 15.9. The molecule has 21 heavy (non-hydrogen) atoms. The minimum Gasteiger partial charge on any atom is -0.384 e. The summed E-state index contributed by atoms with van der Waals surface area (Å²) in [5.41, 5.74) is 2.41. The molecule has 0 fully saturated rings. The van der Waals surface area contributed by atoms with Gasteiger partial charge in [0.1, 0.15) is 6.61 Å². The molecule has 106 valence electrons. The number of nitrogens with zero attached hydrogens (tertiary/aromatic N) is 1. The molecule has 1 heterocycles. The Morgan fingerprint density at radius 2 is 1.90 bits per heavy atom. The van der Waals surface area contributed by atoms with Crippen LogP contribution in [0, 0.1) is 11.8 Å². The molecule has 0 saturated heterocycles. The molecule has 0 aliphatic carbocycles. The highest BCUT2D eigenvalue weighted by atomic mass is 16.2. The third kappa shape index (κ3) is 4.16. The Labute approximate surface area is 123 Å². The average molecular weight is 280 g/mol. The van der Waals surface area contributed by atoms with Crippen LogP contribution in [-0.2, 0) is 0 Å². The van der Waals surface area contributed by atoms with Crippen LogP contribution in [0.2, 0.25) is 0 Å². The second-order valence-electron chi connectivity index (χ2n) is 4.51. The van der Waals surface area contributed by atoms with E-state index in [1.807, 2.05) is 31.2 Å². The predicted octanol–water partition coefficient (Wildman–Crippen LogP) is 1.92. The molecule has 4 nitrogen and oxygen atoms in total. The zero-order chi connectivity index (χ0) is 15.1. The van der Waals surface area contributed by atoms with Crippen molar-refractivity contribution in [3.63, 3.8) is 0 Å². The van der Waals surface area contributed by atoms with Crippen LogP contribution in [0.5, 0.6) is 0 Å². The van der Waals surface area contributed by atoms with Crippen LogP contribution >= 0.6 is 0 Å². The van der Waals surface area contributed by atoms with E-state index in [1.54, 1.807) is 24.5 Å². The number of carbonyl (C=O) groups is 1. The van der Waals surface area contributed by atoms with E-state index in [-0.39, 0.29) is 18.6 Å². The van der Waals surface area contributed by atoms with Gasteiger partial charge in [-0.1, -0.05) is 24.0 Å². The summed E-state index contributed by atoms with van der Waals surface area (Å²) in [6, 6.07) is 10.8. The van der Waals surface area contributed by atoms with Gasteiger partial charge in [0.2, 0.25) is 0 Å². The Balaban J connectivity index is 2.03. The van der Waals surface area contributed by atoms with Gasteiger partial charge in [0.25, 0.3) is 5.91 Å². The van der Waals surface area contributed by atoms with E-state index in [4.69, 9.17) is 5.11 Å². The van der Waals surface area contributed by atoms with Crippen LogP contribution in [0.3, 0.4) is 0 Å². The molecule has 0 aliphatic heterocycles. The molecular formula is C17H16N2O2. The summed E-state index contributed by atoms with van der Waals surface area (Å²) in [5, 5.41) is 11.6.